The monoisotopic (exact) mass is 675 g/mol. The van der Waals surface area contributed by atoms with Crippen LogP contribution in [0.3, 0.4) is 0 Å². The van der Waals surface area contributed by atoms with Gasteiger partial charge in [0.2, 0.25) is 11.9 Å². The molecule has 5 rings (SSSR count). The Balaban J connectivity index is 1.34. The minimum Gasteiger partial charge on any atom is -0.491 e. The topological polar surface area (TPSA) is 104 Å². The highest BCUT2D eigenvalue weighted by molar-refractivity contribution is 5.99. The summed E-state index contributed by atoms with van der Waals surface area (Å²) in [4.78, 5) is 49.7. The van der Waals surface area contributed by atoms with E-state index in [2.05, 4.69) is 5.32 Å². The lowest BCUT2D eigenvalue weighted by Gasteiger charge is -2.32. The lowest BCUT2D eigenvalue weighted by atomic mass is 10.1. The molecule has 0 unspecified atom stereocenters. The van der Waals surface area contributed by atoms with E-state index >= 15 is 0 Å². The Morgan fingerprint density at radius 1 is 0.840 bits per heavy atom. The summed E-state index contributed by atoms with van der Waals surface area (Å²) in [5, 5.41) is 3.01. The summed E-state index contributed by atoms with van der Waals surface area (Å²) in [5.41, 5.74) is 4.20. The number of nitrogens with zero attached hydrogens (tertiary/aromatic N) is 4. The first-order valence-corrected chi connectivity index (χ1v) is 17.0. The van der Waals surface area contributed by atoms with Crippen LogP contribution in [0.1, 0.15) is 43.4 Å². The molecule has 0 atom stereocenters. The van der Waals surface area contributed by atoms with Crippen molar-refractivity contribution in [1.82, 2.24) is 15.1 Å². The molecule has 1 aliphatic heterocycles. The largest absolute Gasteiger partial charge is 0.491 e. The van der Waals surface area contributed by atoms with Crippen LogP contribution in [0.4, 0.5) is 16.2 Å². The molecule has 260 valence electrons. The maximum atomic E-state index is 14.0. The van der Waals surface area contributed by atoms with Gasteiger partial charge in [0.1, 0.15) is 18.0 Å². The van der Waals surface area contributed by atoms with E-state index < -0.39 is 5.97 Å². The zero-order valence-corrected chi connectivity index (χ0v) is 29.0. The second-order valence-electron chi connectivity index (χ2n) is 12.6. The Kier molecular flexibility index (Phi) is 12.6. The van der Waals surface area contributed by atoms with Crippen LogP contribution in [-0.4, -0.2) is 60.5 Å². The highest BCUT2D eigenvalue weighted by atomic mass is 16.5. The number of para-hydroxylation sites is 2. The number of ether oxygens (including phenoxy) is 2. The average Bonchev–Trinajstić information content (AvgIpc) is 3.13. The number of urea groups is 1. The molecule has 1 N–H and O–H groups in total. The molecule has 1 aliphatic rings. The van der Waals surface area contributed by atoms with Gasteiger partial charge in [0, 0.05) is 44.4 Å². The molecule has 10 heteroatoms. The summed E-state index contributed by atoms with van der Waals surface area (Å²) >= 11 is 0. The third-order valence-corrected chi connectivity index (χ3v) is 8.11. The maximum Gasteiger partial charge on any atom is 0.325 e. The normalized spacial score (nSPS) is 12.1. The molecule has 0 aromatic heterocycles. The summed E-state index contributed by atoms with van der Waals surface area (Å²) in [6, 6.07) is 34.3. The molecule has 1 heterocycles. The number of carbonyl (C=O) groups excluding carboxylic acids is 3. The van der Waals surface area contributed by atoms with Gasteiger partial charge in [-0.05, 0) is 41.7 Å². The molecule has 50 heavy (non-hydrogen) atoms. The van der Waals surface area contributed by atoms with Crippen molar-refractivity contribution in [3.63, 3.8) is 0 Å². The van der Waals surface area contributed by atoms with Crippen LogP contribution in [0, 0.1) is 5.92 Å². The Morgan fingerprint density at radius 2 is 1.46 bits per heavy atom. The number of fused-ring (bicyclic) bond motifs is 1. The van der Waals surface area contributed by atoms with Crippen molar-refractivity contribution in [2.75, 3.05) is 31.7 Å². The number of hydrogen-bond acceptors (Lipinski definition) is 7. The van der Waals surface area contributed by atoms with Gasteiger partial charge in [-0.15, -0.1) is 0 Å². The fourth-order valence-corrected chi connectivity index (χ4v) is 5.45. The van der Waals surface area contributed by atoms with Crippen LogP contribution in [0.2, 0.25) is 0 Å². The molecule has 0 bridgehead atoms. The van der Waals surface area contributed by atoms with E-state index in [4.69, 9.17) is 14.5 Å². The van der Waals surface area contributed by atoms with Crippen molar-refractivity contribution in [2.24, 2.45) is 10.9 Å². The number of rotatable bonds is 14. The van der Waals surface area contributed by atoms with Gasteiger partial charge in [0.05, 0.1) is 13.2 Å². The van der Waals surface area contributed by atoms with Crippen LogP contribution in [0.5, 0.6) is 5.75 Å². The molecule has 0 saturated carbocycles. The van der Waals surface area contributed by atoms with Crippen molar-refractivity contribution < 1.29 is 23.9 Å². The van der Waals surface area contributed by atoms with E-state index in [1.807, 2.05) is 123 Å². The van der Waals surface area contributed by atoms with E-state index in [-0.39, 0.29) is 30.4 Å². The summed E-state index contributed by atoms with van der Waals surface area (Å²) in [6.07, 6.45) is 0.824. The summed E-state index contributed by atoms with van der Waals surface area (Å²) in [7, 11) is 1.77. The van der Waals surface area contributed by atoms with Crippen molar-refractivity contribution in [1.29, 1.82) is 0 Å². The molecule has 0 spiro atoms. The van der Waals surface area contributed by atoms with Gasteiger partial charge in [0.15, 0.2) is 0 Å². The highest BCUT2D eigenvalue weighted by Crippen LogP contribution is 2.35. The molecule has 3 amide bonds. The first kappa shape index (κ1) is 35.7. The molecule has 10 nitrogen and oxygen atoms in total. The van der Waals surface area contributed by atoms with Gasteiger partial charge >= 0.3 is 12.0 Å². The Hall–Kier alpha value is -5.64. The number of benzene rings is 4. The quantitative estimate of drug-likeness (QED) is 0.115. The number of hydrogen-bond donors (Lipinski definition) is 1. The number of carbonyl (C=O) groups is 3. The smallest absolute Gasteiger partial charge is 0.325 e. The van der Waals surface area contributed by atoms with E-state index in [9.17, 15) is 14.4 Å². The summed E-state index contributed by atoms with van der Waals surface area (Å²) < 4.78 is 11.7. The van der Waals surface area contributed by atoms with Crippen LogP contribution in [-0.2, 0) is 34.0 Å². The van der Waals surface area contributed by atoms with Gasteiger partial charge in [0.25, 0.3) is 0 Å². The number of nitrogens with one attached hydrogen (secondary N) is 1. The molecular weight excluding hydrogens is 630 g/mol. The minimum absolute atomic E-state index is 0.00605. The standard InChI is InChI=1S/C40H45N5O5/c1-30(2)29-50-37(47)28-44-27-33-19-13-22-35(49-24-14-23-36(46)43(3)34-20-11-6-12-21-34)38(33)41-39(44)42-40(48)45(25-31-15-7-4-8-16-31)26-32-17-9-5-10-18-32/h4-13,15-22,30H,14,23-29H2,1-3H3,(H,41,42,48). The number of anilines is 1. The van der Waals surface area contributed by atoms with Crippen LogP contribution < -0.4 is 15.0 Å². The van der Waals surface area contributed by atoms with E-state index in [0.717, 1.165) is 22.4 Å². The second kappa shape index (κ2) is 17.7. The van der Waals surface area contributed by atoms with Gasteiger partial charge in [-0.2, -0.15) is 0 Å². The highest BCUT2D eigenvalue weighted by Gasteiger charge is 2.28. The first-order chi connectivity index (χ1) is 24.3. The molecular formula is C40H45N5O5. The molecule has 0 radical (unpaired) electrons. The van der Waals surface area contributed by atoms with Gasteiger partial charge in [-0.25, -0.2) is 9.79 Å². The van der Waals surface area contributed by atoms with Crippen molar-refractivity contribution >= 4 is 35.2 Å². The molecule has 0 saturated heterocycles. The van der Waals surface area contributed by atoms with E-state index in [1.165, 1.54) is 0 Å². The van der Waals surface area contributed by atoms with Crippen molar-refractivity contribution in [3.05, 3.63) is 126 Å². The Bertz CT molecular complexity index is 1710. The van der Waals surface area contributed by atoms with Gasteiger partial charge in [-0.1, -0.05) is 105 Å². The van der Waals surface area contributed by atoms with Crippen LogP contribution in [0.15, 0.2) is 114 Å². The van der Waals surface area contributed by atoms with Gasteiger partial charge in [-0.3, -0.25) is 14.9 Å². The van der Waals surface area contributed by atoms with Crippen LogP contribution >= 0.6 is 0 Å². The lowest BCUT2D eigenvalue weighted by Crippen LogP contribution is -2.51. The Labute approximate surface area is 294 Å². The molecule has 0 fully saturated rings. The predicted octanol–water partition coefficient (Wildman–Crippen LogP) is 6.92. The fourth-order valence-electron chi connectivity index (χ4n) is 5.45. The zero-order chi connectivity index (χ0) is 35.3. The van der Waals surface area contributed by atoms with Crippen LogP contribution in [0.25, 0.3) is 0 Å². The third kappa shape index (κ3) is 10.2. The van der Waals surface area contributed by atoms with E-state index in [1.54, 1.807) is 21.7 Å². The zero-order valence-electron chi connectivity index (χ0n) is 29.0. The lowest BCUT2D eigenvalue weighted by molar-refractivity contribution is -0.145. The third-order valence-electron chi connectivity index (χ3n) is 8.11. The number of amides is 3. The molecule has 0 aliphatic carbocycles. The SMILES string of the molecule is CC(C)COC(=O)CN1Cc2cccc(OCCCC(=O)N(C)c3ccccc3)c2N=C1NC(=O)N(Cc1ccccc1)Cc1ccccc1. The summed E-state index contributed by atoms with van der Waals surface area (Å²) in [6.45, 7) is 5.50. The first-order valence-electron chi connectivity index (χ1n) is 17.0. The Morgan fingerprint density at radius 3 is 2.08 bits per heavy atom. The number of aliphatic imine (C=N–C) groups is 1. The fraction of sp³-hybridized carbons (Fsp3) is 0.300. The number of guanidine groups is 1. The summed E-state index contributed by atoms with van der Waals surface area (Å²) in [5.74, 6) is 0.532. The molecule has 4 aromatic carbocycles. The second-order valence-corrected chi connectivity index (χ2v) is 12.6. The minimum atomic E-state index is -0.410. The predicted molar refractivity (Wildman–Crippen MR) is 195 cm³/mol. The average molecular weight is 676 g/mol. The van der Waals surface area contributed by atoms with E-state index in [0.29, 0.717) is 57.1 Å². The van der Waals surface area contributed by atoms with Gasteiger partial charge < -0.3 is 24.2 Å². The maximum absolute atomic E-state index is 14.0. The molecule has 4 aromatic rings. The van der Waals surface area contributed by atoms with Crippen molar-refractivity contribution in [3.8, 4) is 5.75 Å². The number of esters is 1. The van der Waals surface area contributed by atoms with Crippen molar-refractivity contribution in [2.45, 2.75) is 46.3 Å².